The highest BCUT2D eigenvalue weighted by atomic mass is 79.9. The van der Waals surface area contributed by atoms with Crippen molar-refractivity contribution >= 4 is 26.7 Å². The zero-order valence-corrected chi connectivity index (χ0v) is 10.3. The Kier molecular flexibility index (Phi) is 2.71. The van der Waals surface area contributed by atoms with Gasteiger partial charge in [-0.2, -0.15) is 0 Å². The van der Waals surface area contributed by atoms with E-state index in [-0.39, 0.29) is 10.9 Å². The number of fused-ring (bicyclic) bond motifs is 1. The van der Waals surface area contributed by atoms with E-state index in [2.05, 4.69) is 15.9 Å². The molecule has 0 N–H and O–H groups in total. The number of methoxy groups -OCH3 is 1. The average molecular weight is 286 g/mol. The van der Waals surface area contributed by atoms with Crippen LogP contribution in [-0.4, -0.2) is 11.7 Å². The Morgan fingerprint density at radius 2 is 2.06 bits per heavy atom. The predicted octanol–water partition coefficient (Wildman–Crippen LogP) is 2.45. The molecule has 0 fully saturated rings. The summed E-state index contributed by atoms with van der Waals surface area (Å²) < 4.78 is 20.5. The molecule has 0 radical (unpaired) electrons. The van der Waals surface area contributed by atoms with Crippen molar-refractivity contribution in [1.29, 1.82) is 0 Å². The van der Waals surface area contributed by atoms with Gasteiger partial charge in [-0.3, -0.25) is 4.79 Å². The Balaban J connectivity index is 2.96. The Hall–Kier alpha value is -1.36. The molecule has 0 saturated carbocycles. The molecule has 3 nitrogen and oxygen atoms in total. The maximum absolute atomic E-state index is 13.6. The van der Waals surface area contributed by atoms with Crippen LogP contribution in [0.5, 0.6) is 5.75 Å². The van der Waals surface area contributed by atoms with Gasteiger partial charge in [0.25, 0.3) is 5.56 Å². The van der Waals surface area contributed by atoms with Crippen LogP contribution in [0.15, 0.2) is 27.6 Å². The number of ether oxygens (including phenoxy) is 1. The summed E-state index contributed by atoms with van der Waals surface area (Å²) in [5.74, 6) is 0.0793. The zero-order chi connectivity index (χ0) is 11.9. The third kappa shape index (κ3) is 1.61. The van der Waals surface area contributed by atoms with Gasteiger partial charge in [0.15, 0.2) is 0 Å². The highest BCUT2D eigenvalue weighted by Gasteiger charge is 2.10. The molecule has 1 aromatic heterocycles. The van der Waals surface area contributed by atoms with Crippen molar-refractivity contribution in [3.63, 3.8) is 0 Å². The minimum absolute atomic E-state index is 0.248. The molecule has 2 rings (SSSR count). The number of rotatable bonds is 1. The summed E-state index contributed by atoms with van der Waals surface area (Å²) in [4.78, 5) is 11.8. The molecular formula is C11H9BrFNO2. The lowest BCUT2D eigenvalue weighted by Gasteiger charge is -2.07. The summed E-state index contributed by atoms with van der Waals surface area (Å²) >= 11 is 3.25. The molecule has 0 unspecified atom stereocenters. The monoisotopic (exact) mass is 285 g/mol. The lowest BCUT2D eigenvalue weighted by Crippen LogP contribution is -2.17. The first kappa shape index (κ1) is 11.1. The molecular weight excluding hydrogens is 277 g/mol. The minimum Gasteiger partial charge on any atom is -0.496 e. The first-order chi connectivity index (χ1) is 7.54. The highest BCUT2D eigenvalue weighted by Crippen LogP contribution is 2.29. The molecule has 2 aromatic rings. The number of hydrogen-bond donors (Lipinski definition) is 0. The van der Waals surface area contributed by atoms with E-state index >= 15 is 0 Å². The van der Waals surface area contributed by atoms with Gasteiger partial charge in [0.2, 0.25) is 0 Å². The predicted molar refractivity (Wildman–Crippen MR) is 63.4 cm³/mol. The molecule has 1 heterocycles. The van der Waals surface area contributed by atoms with Crippen LogP contribution >= 0.6 is 15.9 Å². The zero-order valence-electron chi connectivity index (χ0n) is 8.75. The van der Waals surface area contributed by atoms with Gasteiger partial charge in [0.1, 0.15) is 11.6 Å². The lowest BCUT2D eigenvalue weighted by molar-refractivity contribution is 0.412. The molecule has 0 bridgehead atoms. The van der Waals surface area contributed by atoms with Crippen molar-refractivity contribution in [2.75, 3.05) is 7.11 Å². The van der Waals surface area contributed by atoms with Crippen molar-refractivity contribution in [1.82, 2.24) is 4.57 Å². The molecule has 0 saturated heterocycles. The van der Waals surface area contributed by atoms with Crippen LogP contribution in [0.3, 0.4) is 0 Å². The first-order valence-electron chi connectivity index (χ1n) is 4.57. The second-order valence-electron chi connectivity index (χ2n) is 3.43. The molecule has 16 heavy (non-hydrogen) atoms. The molecule has 0 aliphatic carbocycles. The van der Waals surface area contributed by atoms with Crippen LogP contribution in [-0.2, 0) is 7.05 Å². The summed E-state index contributed by atoms with van der Waals surface area (Å²) in [7, 11) is 3.01. The smallest absolute Gasteiger partial charge is 0.258 e. The quantitative estimate of drug-likeness (QED) is 0.806. The molecule has 0 aliphatic heterocycles. The van der Waals surface area contributed by atoms with Gasteiger partial charge in [-0.25, -0.2) is 4.39 Å². The van der Waals surface area contributed by atoms with Crippen LogP contribution in [0.2, 0.25) is 0 Å². The summed E-state index contributed by atoms with van der Waals surface area (Å²) in [6.45, 7) is 0. The van der Waals surface area contributed by atoms with E-state index in [4.69, 9.17) is 4.74 Å². The number of aromatic nitrogens is 1. The third-order valence-electron chi connectivity index (χ3n) is 2.41. The van der Waals surface area contributed by atoms with E-state index in [1.807, 2.05) is 0 Å². The maximum atomic E-state index is 13.6. The van der Waals surface area contributed by atoms with E-state index in [1.54, 1.807) is 6.07 Å². The van der Waals surface area contributed by atoms with Gasteiger partial charge in [-0.1, -0.05) is 0 Å². The van der Waals surface area contributed by atoms with Gasteiger partial charge >= 0.3 is 0 Å². The van der Waals surface area contributed by atoms with E-state index in [0.717, 1.165) is 0 Å². The Morgan fingerprint density at radius 3 is 2.69 bits per heavy atom. The highest BCUT2D eigenvalue weighted by molar-refractivity contribution is 9.10. The summed E-state index contributed by atoms with van der Waals surface area (Å²) in [5, 5.41) is 0.596. The van der Waals surface area contributed by atoms with E-state index < -0.39 is 5.82 Å². The van der Waals surface area contributed by atoms with Crippen LogP contribution < -0.4 is 10.3 Å². The van der Waals surface area contributed by atoms with Gasteiger partial charge in [-0.05, 0) is 28.1 Å². The largest absolute Gasteiger partial charge is 0.496 e. The fourth-order valence-electron chi connectivity index (χ4n) is 1.57. The third-order valence-corrected chi connectivity index (χ3v) is 3.03. The standard InChI is InChI=1S/C11H9BrFNO2/c1-14-5-9(13)6-3-8(12)10(16-2)4-7(6)11(14)15/h3-5H,1-2H3. The normalized spacial score (nSPS) is 10.8. The molecule has 1 aromatic carbocycles. The van der Waals surface area contributed by atoms with Crippen molar-refractivity contribution in [3.05, 3.63) is 39.0 Å². The fourth-order valence-corrected chi connectivity index (χ4v) is 2.08. The second-order valence-corrected chi connectivity index (χ2v) is 4.28. The number of hydrogen-bond acceptors (Lipinski definition) is 2. The maximum Gasteiger partial charge on any atom is 0.258 e. The number of nitrogens with zero attached hydrogens (tertiary/aromatic N) is 1. The van der Waals surface area contributed by atoms with E-state index in [9.17, 15) is 9.18 Å². The van der Waals surface area contributed by atoms with Crippen molar-refractivity contribution in [2.45, 2.75) is 0 Å². The Labute approximate surface area is 99.6 Å². The topological polar surface area (TPSA) is 31.2 Å². The number of aryl methyl sites for hydroxylation is 1. The molecule has 84 valence electrons. The number of halogens is 2. The Morgan fingerprint density at radius 1 is 1.38 bits per heavy atom. The summed E-state index contributed by atoms with van der Waals surface area (Å²) in [5.41, 5.74) is -0.248. The van der Waals surface area contributed by atoms with Gasteiger partial charge in [0, 0.05) is 18.6 Å². The average Bonchev–Trinajstić information content (AvgIpc) is 2.25. The first-order valence-corrected chi connectivity index (χ1v) is 5.36. The molecule has 5 heteroatoms. The molecule has 0 spiro atoms. The molecule has 0 aliphatic rings. The minimum atomic E-state index is -0.430. The summed E-state index contributed by atoms with van der Waals surface area (Å²) in [6, 6.07) is 3.08. The van der Waals surface area contributed by atoms with Gasteiger partial charge < -0.3 is 9.30 Å². The lowest BCUT2D eigenvalue weighted by atomic mass is 10.1. The van der Waals surface area contributed by atoms with E-state index in [1.165, 1.54) is 31.0 Å². The van der Waals surface area contributed by atoms with Crippen molar-refractivity contribution in [3.8, 4) is 5.75 Å². The van der Waals surface area contributed by atoms with Crippen LogP contribution in [0.4, 0.5) is 4.39 Å². The Bertz CT molecular complexity index is 621. The summed E-state index contributed by atoms with van der Waals surface area (Å²) in [6.07, 6.45) is 1.17. The van der Waals surface area contributed by atoms with Crippen LogP contribution in [0.25, 0.3) is 10.8 Å². The fraction of sp³-hybridized carbons (Fsp3) is 0.182. The second kappa shape index (κ2) is 3.90. The molecule has 0 amide bonds. The van der Waals surface area contributed by atoms with Crippen LogP contribution in [0.1, 0.15) is 0 Å². The number of benzene rings is 1. The van der Waals surface area contributed by atoms with Crippen LogP contribution in [0, 0.1) is 5.82 Å². The van der Waals surface area contributed by atoms with E-state index in [0.29, 0.717) is 15.6 Å². The van der Waals surface area contributed by atoms with Gasteiger partial charge in [0.05, 0.1) is 17.0 Å². The van der Waals surface area contributed by atoms with Crippen molar-refractivity contribution in [2.24, 2.45) is 7.05 Å². The SMILES string of the molecule is COc1cc2c(=O)n(C)cc(F)c2cc1Br. The van der Waals surface area contributed by atoms with Gasteiger partial charge in [-0.15, -0.1) is 0 Å². The van der Waals surface area contributed by atoms with Crippen molar-refractivity contribution < 1.29 is 9.13 Å². The molecule has 0 atom stereocenters. The number of pyridine rings is 1.